The van der Waals surface area contributed by atoms with Crippen LogP contribution in [0.1, 0.15) is 45.4 Å². The molecule has 0 saturated heterocycles. The fourth-order valence-corrected chi connectivity index (χ4v) is 1.70. The lowest BCUT2D eigenvalue weighted by molar-refractivity contribution is -0.140. The molecule has 0 rings (SSSR count). The fourth-order valence-electron chi connectivity index (χ4n) is 1.70. The summed E-state index contributed by atoms with van der Waals surface area (Å²) in [5.41, 5.74) is 0. The average Bonchev–Trinajstić information content (AvgIpc) is 2.53. The summed E-state index contributed by atoms with van der Waals surface area (Å²) in [7, 11) is 3.06. The van der Waals surface area contributed by atoms with E-state index in [4.69, 9.17) is 4.74 Å². The van der Waals surface area contributed by atoms with Crippen molar-refractivity contribution in [2.75, 3.05) is 14.2 Å². The minimum atomic E-state index is -0.167. The van der Waals surface area contributed by atoms with Gasteiger partial charge in [-0.3, -0.25) is 9.59 Å². The maximum Gasteiger partial charge on any atom is 0.305 e. The molecule has 4 heteroatoms. The molecule has 1 atom stereocenters. The molecule has 0 aromatic heterocycles. The van der Waals surface area contributed by atoms with Crippen LogP contribution in [-0.2, 0) is 19.1 Å². The largest absolute Gasteiger partial charge is 0.469 e. The van der Waals surface area contributed by atoms with Crippen molar-refractivity contribution in [1.82, 2.24) is 0 Å². The Kier molecular flexibility index (Phi) is 13.2. The summed E-state index contributed by atoms with van der Waals surface area (Å²) in [6, 6.07) is 0. The third-order valence-corrected chi connectivity index (χ3v) is 3.15. The lowest BCUT2D eigenvalue weighted by Gasteiger charge is -1.99. The number of allylic oxidation sites excluding steroid dienone is 5. The van der Waals surface area contributed by atoms with Gasteiger partial charge in [-0.2, -0.15) is 0 Å². The van der Waals surface area contributed by atoms with E-state index in [0.717, 1.165) is 25.7 Å². The van der Waals surface area contributed by atoms with Crippen LogP contribution >= 0.6 is 0 Å². The van der Waals surface area contributed by atoms with E-state index in [0.29, 0.717) is 12.8 Å². The van der Waals surface area contributed by atoms with Crippen molar-refractivity contribution < 1.29 is 19.1 Å². The van der Waals surface area contributed by atoms with Crippen molar-refractivity contribution in [2.45, 2.75) is 51.6 Å². The van der Waals surface area contributed by atoms with Gasteiger partial charge in [0.15, 0.2) is 5.78 Å². The van der Waals surface area contributed by atoms with Crippen molar-refractivity contribution in [3.63, 3.8) is 0 Å². The number of ketones is 1. The van der Waals surface area contributed by atoms with Crippen LogP contribution in [0.3, 0.4) is 0 Å². The third-order valence-electron chi connectivity index (χ3n) is 3.15. The Labute approximate surface area is 133 Å². The van der Waals surface area contributed by atoms with Gasteiger partial charge in [-0.05, 0) is 25.8 Å². The zero-order chi connectivity index (χ0) is 16.6. The molecule has 0 bridgehead atoms. The van der Waals surface area contributed by atoms with E-state index in [9.17, 15) is 9.59 Å². The molecule has 4 nitrogen and oxygen atoms in total. The Bertz CT molecular complexity index is 394. The first kappa shape index (κ1) is 20.3. The van der Waals surface area contributed by atoms with Crippen LogP contribution in [0, 0.1) is 0 Å². The maximum atomic E-state index is 11.6. The molecular weight excluding hydrogens is 280 g/mol. The highest BCUT2D eigenvalue weighted by molar-refractivity contribution is 5.89. The van der Waals surface area contributed by atoms with Gasteiger partial charge < -0.3 is 9.47 Å². The molecule has 0 aliphatic carbocycles. The first-order valence-corrected chi connectivity index (χ1v) is 7.74. The van der Waals surface area contributed by atoms with E-state index >= 15 is 0 Å². The Morgan fingerprint density at radius 2 is 1.55 bits per heavy atom. The van der Waals surface area contributed by atoms with Gasteiger partial charge in [0.1, 0.15) is 0 Å². The van der Waals surface area contributed by atoms with Gasteiger partial charge in [-0.15, -0.1) is 0 Å². The molecule has 124 valence electrons. The average molecular weight is 308 g/mol. The normalized spacial score (nSPS) is 13.2. The van der Waals surface area contributed by atoms with E-state index < -0.39 is 0 Å². The summed E-state index contributed by atoms with van der Waals surface area (Å²) < 4.78 is 9.63. The highest BCUT2D eigenvalue weighted by Crippen LogP contribution is 2.06. The molecule has 0 aliphatic heterocycles. The van der Waals surface area contributed by atoms with Gasteiger partial charge in [0, 0.05) is 20.0 Å². The van der Waals surface area contributed by atoms with Crippen molar-refractivity contribution >= 4 is 11.8 Å². The summed E-state index contributed by atoms with van der Waals surface area (Å²) in [4.78, 5) is 22.5. The van der Waals surface area contributed by atoms with Crippen LogP contribution in [0.25, 0.3) is 0 Å². The van der Waals surface area contributed by atoms with E-state index in [1.54, 1.807) is 19.3 Å². The van der Waals surface area contributed by atoms with Gasteiger partial charge in [-0.25, -0.2) is 0 Å². The summed E-state index contributed by atoms with van der Waals surface area (Å²) >= 11 is 0. The summed E-state index contributed by atoms with van der Waals surface area (Å²) in [6.45, 7) is 1.95. The number of hydrogen-bond donors (Lipinski definition) is 0. The fraction of sp³-hybridized carbons (Fsp3) is 0.556. The zero-order valence-electron chi connectivity index (χ0n) is 13.9. The molecule has 0 fully saturated rings. The molecule has 1 unspecified atom stereocenters. The number of esters is 1. The first-order valence-electron chi connectivity index (χ1n) is 7.74. The zero-order valence-corrected chi connectivity index (χ0v) is 13.9. The standard InChI is InChI=1S/C18H28O4/c1-16(21-2)12-8-4-5-9-13-17(19)14-10-6-7-11-15-18(20)22-3/h4-5,8-9,12-13,16H,6-7,10-11,14-15H2,1-3H3. The van der Waals surface area contributed by atoms with E-state index in [-0.39, 0.29) is 17.9 Å². The molecule has 22 heavy (non-hydrogen) atoms. The van der Waals surface area contributed by atoms with Crippen molar-refractivity contribution in [1.29, 1.82) is 0 Å². The Morgan fingerprint density at radius 1 is 0.909 bits per heavy atom. The van der Waals surface area contributed by atoms with Crippen LogP contribution in [0.15, 0.2) is 36.5 Å². The minimum absolute atomic E-state index is 0.0921. The highest BCUT2D eigenvalue weighted by Gasteiger charge is 2.00. The van der Waals surface area contributed by atoms with Crippen molar-refractivity contribution in [2.24, 2.45) is 0 Å². The summed E-state index contributed by atoms with van der Waals surface area (Å²) in [5, 5.41) is 0. The van der Waals surface area contributed by atoms with Crippen LogP contribution in [0.5, 0.6) is 0 Å². The van der Waals surface area contributed by atoms with Gasteiger partial charge in [0.25, 0.3) is 0 Å². The summed E-state index contributed by atoms with van der Waals surface area (Å²) in [5.74, 6) is -0.0356. The molecule has 0 saturated carbocycles. The van der Waals surface area contributed by atoms with E-state index in [1.165, 1.54) is 7.11 Å². The lowest BCUT2D eigenvalue weighted by Crippen LogP contribution is -1.99. The van der Waals surface area contributed by atoms with Gasteiger partial charge in [0.05, 0.1) is 13.2 Å². The first-order chi connectivity index (χ1) is 10.6. The Hall–Kier alpha value is -1.68. The smallest absolute Gasteiger partial charge is 0.305 e. The topological polar surface area (TPSA) is 52.6 Å². The third kappa shape index (κ3) is 13.3. The SMILES string of the molecule is COC(=O)CCCCCCC(=O)C=CC=CC=CC(C)OC. The summed E-state index contributed by atoms with van der Waals surface area (Å²) in [6.07, 6.45) is 15.6. The molecule has 0 N–H and O–H groups in total. The van der Waals surface area contributed by atoms with Crippen molar-refractivity contribution in [3.05, 3.63) is 36.5 Å². The molecule has 0 aromatic carbocycles. The Morgan fingerprint density at radius 3 is 2.18 bits per heavy atom. The second-order valence-electron chi connectivity index (χ2n) is 5.03. The number of carbonyl (C=O) groups is 2. The van der Waals surface area contributed by atoms with Crippen LogP contribution in [-0.4, -0.2) is 32.1 Å². The van der Waals surface area contributed by atoms with E-state index in [2.05, 4.69) is 4.74 Å². The lowest BCUT2D eigenvalue weighted by atomic mass is 10.1. The number of rotatable bonds is 12. The van der Waals surface area contributed by atoms with Crippen LogP contribution < -0.4 is 0 Å². The maximum absolute atomic E-state index is 11.6. The molecular formula is C18H28O4. The van der Waals surface area contributed by atoms with Gasteiger partial charge in [0.2, 0.25) is 0 Å². The molecule has 0 spiro atoms. The minimum Gasteiger partial charge on any atom is -0.469 e. The monoisotopic (exact) mass is 308 g/mol. The highest BCUT2D eigenvalue weighted by atomic mass is 16.5. The number of hydrogen-bond acceptors (Lipinski definition) is 4. The number of unbranched alkanes of at least 4 members (excludes halogenated alkanes) is 3. The Balaban J connectivity index is 3.64. The molecule has 0 amide bonds. The number of ether oxygens (including phenoxy) is 2. The molecule has 0 radical (unpaired) electrons. The van der Waals surface area contributed by atoms with E-state index in [1.807, 2.05) is 31.2 Å². The van der Waals surface area contributed by atoms with Gasteiger partial charge >= 0.3 is 5.97 Å². The number of carbonyl (C=O) groups excluding carboxylic acids is 2. The second kappa shape index (κ2) is 14.3. The molecule has 0 aromatic rings. The quantitative estimate of drug-likeness (QED) is 0.238. The number of methoxy groups -OCH3 is 2. The second-order valence-corrected chi connectivity index (χ2v) is 5.03. The van der Waals surface area contributed by atoms with Crippen molar-refractivity contribution in [3.8, 4) is 0 Å². The predicted molar refractivity (Wildman–Crippen MR) is 88.6 cm³/mol. The van der Waals surface area contributed by atoms with Gasteiger partial charge in [-0.1, -0.05) is 43.2 Å². The molecule has 0 aliphatic rings. The molecule has 0 heterocycles. The predicted octanol–water partition coefficient (Wildman–Crippen LogP) is 3.77. The van der Waals surface area contributed by atoms with Crippen LogP contribution in [0.4, 0.5) is 0 Å². The van der Waals surface area contributed by atoms with Crippen LogP contribution in [0.2, 0.25) is 0 Å².